The molecule has 0 heterocycles. The van der Waals surface area contributed by atoms with Gasteiger partial charge in [-0.3, -0.25) is 4.79 Å². The summed E-state index contributed by atoms with van der Waals surface area (Å²) >= 11 is 0. The summed E-state index contributed by atoms with van der Waals surface area (Å²) in [5.74, 6) is 0.240. The van der Waals surface area contributed by atoms with Gasteiger partial charge in [0, 0.05) is 11.3 Å². The van der Waals surface area contributed by atoms with E-state index in [1.54, 1.807) is 6.92 Å². The van der Waals surface area contributed by atoms with Crippen molar-refractivity contribution in [2.75, 3.05) is 18.1 Å². The molecular weight excluding hydrogens is 392 g/mol. The van der Waals surface area contributed by atoms with Crippen molar-refractivity contribution < 1.29 is 30.6 Å². The minimum Gasteiger partial charge on any atom is -0.493 e. The Bertz CT molecular complexity index is 991. The monoisotopic (exact) mass is 412 g/mol. The smallest absolute Gasteiger partial charge is 0.339 e. The third-order valence-corrected chi connectivity index (χ3v) is 6.61. The number of ether oxygens (including phenoxy) is 1. The minimum absolute atomic E-state index is 0.0126. The number of rotatable bonds is 9. The van der Waals surface area contributed by atoms with Crippen molar-refractivity contribution in [2.45, 2.75) is 18.7 Å². The Kier molecular flexibility index (Phi) is 6.61. The number of ketones is 1. The molecule has 0 amide bonds. The molecule has 0 saturated heterocycles. The highest BCUT2D eigenvalue weighted by Gasteiger charge is 2.17. The molecular formula is C18H20O7S2. The third kappa shape index (κ3) is 6.07. The van der Waals surface area contributed by atoms with Gasteiger partial charge in [0.05, 0.1) is 5.75 Å². The van der Waals surface area contributed by atoms with E-state index in [-0.39, 0.29) is 34.5 Å². The van der Waals surface area contributed by atoms with E-state index in [4.69, 9.17) is 8.92 Å². The van der Waals surface area contributed by atoms with Crippen LogP contribution in [0.1, 0.15) is 24.2 Å². The summed E-state index contributed by atoms with van der Waals surface area (Å²) in [4.78, 5) is 11.2. The molecule has 0 atom stereocenters. The van der Waals surface area contributed by atoms with Crippen molar-refractivity contribution in [3.8, 4) is 11.5 Å². The Morgan fingerprint density at radius 1 is 0.889 bits per heavy atom. The van der Waals surface area contributed by atoms with E-state index in [0.717, 1.165) is 0 Å². The Morgan fingerprint density at radius 2 is 1.44 bits per heavy atom. The first kappa shape index (κ1) is 20.9. The van der Waals surface area contributed by atoms with Crippen LogP contribution in [0, 0.1) is 0 Å². The van der Waals surface area contributed by atoms with Gasteiger partial charge in [0.2, 0.25) is 0 Å². The third-order valence-electron chi connectivity index (χ3n) is 3.68. The summed E-state index contributed by atoms with van der Waals surface area (Å²) in [5, 5.41) is 0. The van der Waals surface area contributed by atoms with Gasteiger partial charge in [0.15, 0.2) is 15.6 Å². The molecule has 2 aromatic carbocycles. The quantitative estimate of drug-likeness (QED) is 0.460. The zero-order valence-electron chi connectivity index (χ0n) is 14.9. The van der Waals surface area contributed by atoms with Crippen molar-refractivity contribution in [2.24, 2.45) is 0 Å². The van der Waals surface area contributed by atoms with Crippen molar-refractivity contribution in [1.29, 1.82) is 0 Å². The van der Waals surface area contributed by atoms with Crippen molar-refractivity contribution in [3.05, 3.63) is 54.1 Å². The molecule has 0 spiro atoms. The topological polar surface area (TPSA) is 104 Å². The predicted octanol–water partition coefficient (Wildman–Crippen LogP) is 2.47. The second-order valence-electron chi connectivity index (χ2n) is 5.67. The van der Waals surface area contributed by atoms with Crippen LogP contribution in [0.2, 0.25) is 0 Å². The molecule has 2 rings (SSSR count). The SMILES string of the molecule is CCS(=O)(=O)CCOc1ccc(S(=O)(=O)Oc2ccc(C(C)=O)cc2)cc1. The van der Waals surface area contributed by atoms with E-state index in [1.165, 1.54) is 55.5 Å². The van der Waals surface area contributed by atoms with Crippen LogP contribution in [0.25, 0.3) is 0 Å². The highest BCUT2D eigenvalue weighted by atomic mass is 32.2. The summed E-state index contributed by atoms with van der Waals surface area (Å²) in [6.07, 6.45) is 0. The number of carbonyl (C=O) groups excluding carboxylic acids is 1. The van der Waals surface area contributed by atoms with E-state index >= 15 is 0 Å². The second-order valence-corrected chi connectivity index (χ2v) is 9.69. The summed E-state index contributed by atoms with van der Waals surface area (Å²) in [5.41, 5.74) is 0.450. The Hall–Kier alpha value is -2.39. The first-order chi connectivity index (χ1) is 12.6. The van der Waals surface area contributed by atoms with Gasteiger partial charge in [0.25, 0.3) is 0 Å². The molecule has 0 aliphatic heterocycles. The van der Waals surface area contributed by atoms with E-state index < -0.39 is 20.0 Å². The fourth-order valence-corrected chi connectivity index (χ4v) is 3.61. The molecule has 2 aromatic rings. The summed E-state index contributed by atoms with van der Waals surface area (Å²) in [6.45, 7) is 2.96. The lowest BCUT2D eigenvalue weighted by molar-refractivity contribution is 0.101. The largest absolute Gasteiger partial charge is 0.493 e. The van der Waals surface area contributed by atoms with E-state index in [2.05, 4.69) is 0 Å². The maximum atomic E-state index is 12.3. The van der Waals surface area contributed by atoms with Crippen LogP contribution in [0.5, 0.6) is 11.5 Å². The Balaban J connectivity index is 2.03. The lowest BCUT2D eigenvalue weighted by Crippen LogP contribution is -2.15. The lowest BCUT2D eigenvalue weighted by atomic mass is 10.1. The van der Waals surface area contributed by atoms with Gasteiger partial charge in [-0.25, -0.2) is 8.42 Å². The van der Waals surface area contributed by atoms with Gasteiger partial charge in [-0.05, 0) is 55.5 Å². The summed E-state index contributed by atoms with van der Waals surface area (Å²) < 4.78 is 57.8. The average molecular weight is 412 g/mol. The standard InChI is InChI=1S/C18H20O7S2/c1-3-26(20,21)13-12-24-16-8-10-18(11-9-16)27(22,23)25-17-6-4-15(5-7-17)14(2)19/h4-11H,3,12-13H2,1-2H3. The van der Waals surface area contributed by atoms with Crippen LogP contribution in [-0.2, 0) is 20.0 Å². The molecule has 27 heavy (non-hydrogen) atoms. The molecule has 0 N–H and O–H groups in total. The molecule has 0 unspecified atom stereocenters. The highest BCUT2D eigenvalue weighted by molar-refractivity contribution is 7.91. The zero-order valence-corrected chi connectivity index (χ0v) is 16.5. The van der Waals surface area contributed by atoms with Gasteiger partial charge in [-0.2, -0.15) is 8.42 Å². The van der Waals surface area contributed by atoms with Crippen molar-refractivity contribution in [1.82, 2.24) is 0 Å². The fourth-order valence-electron chi connectivity index (χ4n) is 2.05. The van der Waals surface area contributed by atoms with Crippen LogP contribution < -0.4 is 8.92 Å². The van der Waals surface area contributed by atoms with E-state index in [1.807, 2.05) is 0 Å². The Labute approximate surface area is 159 Å². The maximum absolute atomic E-state index is 12.3. The summed E-state index contributed by atoms with van der Waals surface area (Å²) in [7, 11) is -7.17. The fraction of sp³-hybridized carbons (Fsp3) is 0.278. The van der Waals surface area contributed by atoms with Crippen molar-refractivity contribution in [3.63, 3.8) is 0 Å². The molecule has 0 saturated carbocycles. The molecule has 0 bridgehead atoms. The van der Waals surface area contributed by atoms with Crippen LogP contribution in [0.15, 0.2) is 53.4 Å². The van der Waals surface area contributed by atoms with Gasteiger partial charge >= 0.3 is 10.1 Å². The van der Waals surface area contributed by atoms with Crippen LogP contribution in [0.4, 0.5) is 0 Å². The molecule has 0 aliphatic rings. The zero-order chi connectivity index (χ0) is 20.1. The molecule has 0 fully saturated rings. The van der Waals surface area contributed by atoms with Crippen LogP contribution in [-0.4, -0.2) is 40.7 Å². The average Bonchev–Trinajstić information content (AvgIpc) is 2.62. The number of hydrogen-bond acceptors (Lipinski definition) is 7. The number of benzene rings is 2. The first-order valence-corrected chi connectivity index (χ1v) is 11.3. The Morgan fingerprint density at radius 3 is 1.96 bits per heavy atom. The molecule has 0 radical (unpaired) electrons. The molecule has 9 heteroatoms. The minimum atomic E-state index is -4.05. The second kappa shape index (κ2) is 8.53. The highest BCUT2D eigenvalue weighted by Crippen LogP contribution is 2.21. The molecule has 146 valence electrons. The van der Waals surface area contributed by atoms with E-state index in [0.29, 0.717) is 11.3 Å². The van der Waals surface area contributed by atoms with Gasteiger partial charge in [0.1, 0.15) is 23.0 Å². The van der Waals surface area contributed by atoms with Crippen LogP contribution >= 0.6 is 0 Å². The number of hydrogen-bond donors (Lipinski definition) is 0. The normalized spacial score (nSPS) is 11.8. The maximum Gasteiger partial charge on any atom is 0.339 e. The van der Waals surface area contributed by atoms with Crippen LogP contribution in [0.3, 0.4) is 0 Å². The first-order valence-electron chi connectivity index (χ1n) is 8.12. The summed E-state index contributed by atoms with van der Waals surface area (Å²) in [6, 6.07) is 11.2. The number of Topliss-reactive ketones (excluding diaryl/α,β-unsaturated/α-hetero) is 1. The lowest BCUT2D eigenvalue weighted by Gasteiger charge is -2.09. The van der Waals surface area contributed by atoms with Crippen molar-refractivity contribution >= 4 is 25.7 Å². The molecule has 0 aliphatic carbocycles. The van der Waals surface area contributed by atoms with Gasteiger partial charge in [-0.15, -0.1) is 0 Å². The van der Waals surface area contributed by atoms with Gasteiger partial charge < -0.3 is 8.92 Å². The molecule has 7 nitrogen and oxygen atoms in total. The van der Waals surface area contributed by atoms with E-state index in [9.17, 15) is 21.6 Å². The predicted molar refractivity (Wildman–Crippen MR) is 101 cm³/mol. The van der Waals surface area contributed by atoms with Gasteiger partial charge in [-0.1, -0.05) is 6.92 Å². The molecule has 0 aromatic heterocycles. The number of sulfone groups is 1. The number of carbonyl (C=O) groups is 1.